The van der Waals surface area contributed by atoms with Gasteiger partial charge in [-0.1, -0.05) is 13.8 Å². The molecule has 17 heavy (non-hydrogen) atoms. The highest BCUT2D eigenvalue weighted by molar-refractivity contribution is 4.37. The zero-order chi connectivity index (χ0) is 13.2. The Morgan fingerprint density at radius 1 is 0.706 bits per heavy atom. The Morgan fingerprint density at radius 3 is 1.53 bits per heavy atom. The molecule has 0 saturated heterocycles. The van der Waals surface area contributed by atoms with E-state index in [9.17, 15) is 0 Å². The van der Waals surface area contributed by atoms with Gasteiger partial charge in [0.2, 0.25) is 0 Å². The van der Waals surface area contributed by atoms with Crippen LogP contribution in [0.15, 0.2) is 0 Å². The summed E-state index contributed by atoms with van der Waals surface area (Å²) in [5.41, 5.74) is 0. The minimum absolute atomic E-state index is 0.610. The fourth-order valence-electron chi connectivity index (χ4n) is 0.858. The average Bonchev–Trinajstić information content (AvgIpc) is 2.38. The van der Waals surface area contributed by atoms with Crippen LogP contribution in [0.5, 0.6) is 0 Å². The Labute approximate surface area is 106 Å². The Morgan fingerprint density at radius 2 is 1.12 bits per heavy atom. The highest BCUT2D eigenvalue weighted by Crippen LogP contribution is 1.81. The lowest BCUT2D eigenvalue weighted by molar-refractivity contribution is 0.00423. The van der Waals surface area contributed by atoms with Crippen LogP contribution in [0.4, 0.5) is 0 Å². The maximum Gasteiger partial charge on any atom is 0.0701 e. The van der Waals surface area contributed by atoms with Crippen LogP contribution in [0.2, 0.25) is 0 Å². The first-order chi connectivity index (χ1) is 8.41. The summed E-state index contributed by atoms with van der Waals surface area (Å²) in [7, 11) is 3.56. The van der Waals surface area contributed by atoms with Gasteiger partial charge in [0.25, 0.3) is 0 Å². The van der Waals surface area contributed by atoms with Crippen molar-refractivity contribution >= 4 is 0 Å². The number of hydrogen-bond donors (Lipinski definition) is 1. The monoisotopic (exact) mass is 251 g/mol. The lowest BCUT2D eigenvalue weighted by Gasteiger charge is -2.06. The smallest absolute Gasteiger partial charge is 0.0701 e. The van der Waals surface area contributed by atoms with E-state index in [-0.39, 0.29) is 0 Å². The van der Waals surface area contributed by atoms with Crippen molar-refractivity contribution in [3.63, 3.8) is 0 Å². The minimum Gasteiger partial charge on any atom is -0.382 e. The SMILES string of the molecule is CC.CNCCOCCOCCOCCOC. The quantitative estimate of drug-likeness (QED) is 0.523. The van der Waals surface area contributed by atoms with E-state index < -0.39 is 0 Å². The summed E-state index contributed by atoms with van der Waals surface area (Å²) in [6.45, 7) is 9.34. The Bertz CT molecular complexity index is 103. The van der Waals surface area contributed by atoms with Crippen LogP contribution >= 0.6 is 0 Å². The minimum atomic E-state index is 0.610. The van der Waals surface area contributed by atoms with Gasteiger partial charge in [0.1, 0.15) is 0 Å². The van der Waals surface area contributed by atoms with Crippen molar-refractivity contribution in [2.75, 3.05) is 67.0 Å². The number of rotatable bonds is 12. The molecular weight excluding hydrogens is 222 g/mol. The van der Waals surface area contributed by atoms with E-state index in [0.29, 0.717) is 39.6 Å². The van der Waals surface area contributed by atoms with Gasteiger partial charge in [-0.3, -0.25) is 0 Å². The van der Waals surface area contributed by atoms with Crippen molar-refractivity contribution in [1.29, 1.82) is 0 Å². The molecule has 106 valence electrons. The number of ether oxygens (including phenoxy) is 4. The fourth-order valence-corrected chi connectivity index (χ4v) is 0.858. The third-order valence-corrected chi connectivity index (χ3v) is 1.67. The summed E-state index contributed by atoms with van der Waals surface area (Å²) >= 11 is 0. The van der Waals surface area contributed by atoms with Crippen LogP contribution in [0.25, 0.3) is 0 Å². The number of nitrogens with one attached hydrogen (secondary N) is 1. The molecule has 0 aliphatic heterocycles. The molecule has 0 aliphatic carbocycles. The molecule has 0 spiro atoms. The van der Waals surface area contributed by atoms with E-state index in [1.54, 1.807) is 7.11 Å². The van der Waals surface area contributed by atoms with Gasteiger partial charge in [0, 0.05) is 13.7 Å². The van der Waals surface area contributed by atoms with Crippen molar-refractivity contribution in [3.8, 4) is 0 Å². The van der Waals surface area contributed by atoms with E-state index in [2.05, 4.69) is 5.32 Å². The lowest BCUT2D eigenvalue weighted by Crippen LogP contribution is -2.16. The summed E-state index contributed by atoms with van der Waals surface area (Å²) in [6.07, 6.45) is 0. The van der Waals surface area contributed by atoms with Crippen LogP contribution in [0.3, 0.4) is 0 Å². The normalized spacial score (nSPS) is 9.88. The van der Waals surface area contributed by atoms with E-state index in [1.165, 1.54) is 0 Å². The second-order valence-corrected chi connectivity index (χ2v) is 2.93. The molecule has 0 amide bonds. The van der Waals surface area contributed by atoms with Crippen molar-refractivity contribution in [2.24, 2.45) is 0 Å². The summed E-state index contributed by atoms with van der Waals surface area (Å²) in [6, 6.07) is 0. The maximum absolute atomic E-state index is 5.28. The van der Waals surface area contributed by atoms with Crippen molar-refractivity contribution in [1.82, 2.24) is 5.32 Å². The molecule has 5 heteroatoms. The Kier molecular flexibility index (Phi) is 23.8. The summed E-state index contributed by atoms with van der Waals surface area (Å²) in [5, 5.41) is 3.00. The van der Waals surface area contributed by atoms with Crippen LogP contribution < -0.4 is 5.32 Å². The molecule has 0 unspecified atom stereocenters. The first-order valence-corrected chi connectivity index (χ1v) is 6.28. The number of hydrogen-bond acceptors (Lipinski definition) is 5. The molecule has 0 rings (SSSR count). The van der Waals surface area contributed by atoms with Gasteiger partial charge in [0.15, 0.2) is 0 Å². The van der Waals surface area contributed by atoms with Crippen molar-refractivity contribution in [3.05, 3.63) is 0 Å². The van der Waals surface area contributed by atoms with Gasteiger partial charge in [-0.15, -0.1) is 0 Å². The van der Waals surface area contributed by atoms with Gasteiger partial charge in [-0.05, 0) is 7.05 Å². The molecule has 1 N–H and O–H groups in total. The van der Waals surface area contributed by atoms with Gasteiger partial charge >= 0.3 is 0 Å². The van der Waals surface area contributed by atoms with Gasteiger partial charge < -0.3 is 24.3 Å². The predicted molar refractivity (Wildman–Crippen MR) is 69.6 cm³/mol. The number of methoxy groups -OCH3 is 1. The van der Waals surface area contributed by atoms with Gasteiger partial charge in [0.05, 0.1) is 46.2 Å². The maximum atomic E-state index is 5.28. The molecule has 0 radical (unpaired) electrons. The molecule has 0 fully saturated rings. The lowest BCUT2D eigenvalue weighted by atomic mass is 10.6. The Balaban J connectivity index is 0. The molecule has 5 nitrogen and oxygen atoms in total. The van der Waals surface area contributed by atoms with E-state index in [4.69, 9.17) is 18.9 Å². The zero-order valence-corrected chi connectivity index (χ0v) is 11.8. The molecule has 0 bridgehead atoms. The second-order valence-electron chi connectivity index (χ2n) is 2.93. The largest absolute Gasteiger partial charge is 0.382 e. The van der Waals surface area contributed by atoms with Crippen LogP contribution in [-0.2, 0) is 18.9 Å². The topological polar surface area (TPSA) is 49.0 Å². The standard InChI is InChI=1S/C10H23NO4.C2H6/c1-11-3-4-13-7-8-15-10-9-14-6-5-12-2;1-2/h11H,3-10H2,1-2H3;1-2H3. The number of likely N-dealkylation sites (N-methyl/N-ethyl adjacent to an activating group) is 1. The molecule has 0 aromatic heterocycles. The molecule has 0 heterocycles. The molecule has 0 saturated carbocycles. The zero-order valence-electron chi connectivity index (χ0n) is 11.8. The van der Waals surface area contributed by atoms with Gasteiger partial charge in [-0.2, -0.15) is 0 Å². The van der Waals surface area contributed by atoms with E-state index in [1.807, 2.05) is 20.9 Å². The van der Waals surface area contributed by atoms with Crippen LogP contribution in [-0.4, -0.2) is 67.0 Å². The highest BCUT2D eigenvalue weighted by Gasteiger charge is 1.90. The molecule has 0 atom stereocenters. The average molecular weight is 251 g/mol. The third-order valence-electron chi connectivity index (χ3n) is 1.67. The van der Waals surface area contributed by atoms with E-state index in [0.717, 1.165) is 13.2 Å². The second kappa shape index (κ2) is 21.1. The molecule has 0 aromatic carbocycles. The Hall–Kier alpha value is -0.200. The summed E-state index contributed by atoms with van der Waals surface area (Å²) in [4.78, 5) is 0. The molecular formula is C12H29NO4. The molecule has 0 aromatic rings. The van der Waals surface area contributed by atoms with Crippen molar-refractivity contribution < 1.29 is 18.9 Å². The highest BCUT2D eigenvalue weighted by atomic mass is 16.6. The summed E-state index contributed by atoms with van der Waals surface area (Å²) < 4.78 is 20.6. The van der Waals surface area contributed by atoms with Crippen LogP contribution in [0, 0.1) is 0 Å². The van der Waals surface area contributed by atoms with Crippen LogP contribution in [0.1, 0.15) is 13.8 Å². The van der Waals surface area contributed by atoms with E-state index >= 15 is 0 Å². The first-order valence-electron chi connectivity index (χ1n) is 6.28. The molecule has 0 aliphatic rings. The first kappa shape index (κ1) is 19.1. The van der Waals surface area contributed by atoms with Gasteiger partial charge in [-0.25, -0.2) is 0 Å². The third kappa shape index (κ3) is 21.6. The summed E-state index contributed by atoms with van der Waals surface area (Å²) in [5.74, 6) is 0. The predicted octanol–water partition coefficient (Wildman–Crippen LogP) is 0.928. The fraction of sp³-hybridized carbons (Fsp3) is 1.00. The van der Waals surface area contributed by atoms with Crippen molar-refractivity contribution in [2.45, 2.75) is 13.8 Å².